The predicted octanol–water partition coefficient (Wildman–Crippen LogP) is 19.3. The second kappa shape index (κ2) is 15.0. The Hall–Kier alpha value is -8.52. The van der Waals surface area contributed by atoms with Crippen molar-refractivity contribution in [2.45, 2.75) is 44.9 Å². The summed E-state index contributed by atoms with van der Waals surface area (Å²) in [5, 5.41) is 10.3. The number of benzene rings is 12. The number of fused-ring (bicyclic) bond motifs is 14. The van der Waals surface area contributed by atoms with E-state index in [4.69, 9.17) is 0 Å². The molecule has 0 atom stereocenters. The quantitative estimate of drug-likeness (QED) is 0.170. The largest absolute Gasteiger partial charge is 0.309 e. The lowest BCUT2D eigenvalue weighted by molar-refractivity contribution is 0.658. The third-order valence-electron chi connectivity index (χ3n) is 17.0. The summed E-state index contributed by atoms with van der Waals surface area (Å²) in [5.41, 5.74) is 24.5. The Kier molecular flexibility index (Phi) is 8.60. The first-order chi connectivity index (χ1) is 35.2. The smallest absolute Gasteiger partial charge is 0.0540 e. The molecule has 0 bridgehead atoms. The number of para-hydroxylation sites is 1. The molecule has 0 aromatic heterocycles. The van der Waals surface area contributed by atoms with Gasteiger partial charge in [0.25, 0.3) is 0 Å². The monoisotopic (exact) mass is 917 g/mol. The van der Waals surface area contributed by atoms with E-state index in [9.17, 15) is 0 Å². The first kappa shape index (κ1) is 41.3. The van der Waals surface area contributed by atoms with E-state index in [2.05, 4.69) is 257 Å². The molecule has 0 amide bonds. The number of hydrogen-bond acceptors (Lipinski definition) is 1. The molecule has 15 rings (SSSR count). The van der Waals surface area contributed by atoms with Gasteiger partial charge in [-0.1, -0.05) is 210 Å². The molecular weight excluding hydrogens is 867 g/mol. The number of anilines is 3. The van der Waals surface area contributed by atoms with Crippen molar-refractivity contribution in [1.82, 2.24) is 0 Å². The highest BCUT2D eigenvalue weighted by molar-refractivity contribution is 6.12. The molecule has 0 radical (unpaired) electrons. The number of rotatable bonds is 4. The lowest BCUT2D eigenvalue weighted by Gasteiger charge is -2.37. The van der Waals surface area contributed by atoms with Crippen LogP contribution in [0.2, 0.25) is 0 Å². The maximum absolute atomic E-state index is 2.63. The summed E-state index contributed by atoms with van der Waals surface area (Å²) in [6.45, 7) is 9.80. The molecule has 3 aliphatic rings. The number of hydrogen-bond donors (Lipinski definition) is 0. The van der Waals surface area contributed by atoms with Gasteiger partial charge in [0.1, 0.15) is 0 Å². The molecule has 1 heteroatoms. The molecule has 340 valence electrons. The fraction of sp³-hybridized carbons (Fsp3) is 0.0986. The van der Waals surface area contributed by atoms with E-state index in [0.717, 1.165) is 6.42 Å². The summed E-state index contributed by atoms with van der Waals surface area (Å²) in [4.78, 5) is 2.63. The van der Waals surface area contributed by atoms with Crippen molar-refractivity contribution >= 4 is 60.2 Å². The van der Waals surface area contributed by atoms with Crippen molar-refractivity contribution < 1.29 is 0 Å². The normalized spacial score (nSPS) is 14.5. The van der Waals surface area contributed by atoms with Crippen LogP contribution in [0.15, 0.2) is 224 Å². The fourth-order valence-corrected chi connectivity index (χ4v) is 13.3. The SMILES string of the molecule is CC1(C)c2cc3c(cc2-c2c1cc(-c1ccc4ccccc4c1)c1ccccc21)N(c1ccccc1-c1ccccc1)c1cc2c(cc1C3)C(C)(C)c1cc(-c3ccc4ccccc4c3)c3ccccc3c1-2. The van der Waals surface area contributed by atoms with Crippen molar-refractivity contribution in [3.63, 3.8) is 0 Å². The van der Waals surface area contributed by atoms with Gasteiger partial charge in [0.05, 0.1) is 17.1 Å². The molecule has 0 unspecified atom stereocenters. The second-order valence-corrected chi connectivity index (χ2v) is 21.6. The maximum atomic E-state index is 2.63. The van der Waals surface area contributed by atoms with Crippen molar-refractivity contribution in [3.8, 4) is 55.6 Å². The third-order valence-corrected chi connectivity index (χ3v) is 17.0. The Balaban J connectivity index is 0.967. The summed E-state index contributed by atoms with van der Waals surface area (Å²) in [7, 11) is 0. The lowest BCUT2D eigenvalue weighted by Crippen LogP contribution is -2.22. The highest BCUT2D eigenvalue weighted by Gasteiger charge is 2.42. The first-order valence-electron chi connectivity index (χ1n) is 25.6. The Morgan fingerprint density at radius 1 is 0.292 bits per heavy atom. The highest BCUT2D eigenvalue weighted by atomic mass is 15.2. The summed E-state index contributed by atoms with van der Waals surface area (Å²) in [5.74, 6) is 0. The van der Waals surface area contributed by atoms with Crippen LogP contribution in [0, 0.1) is 0 Å². The molecule has 72 heavy (non-hydrogen) atoms. The van der Waals surface area contributed by atoms with Crippen LogP contribution < -0.4 is 4.90 Å². The second-order valence-electron chi connectivity index (χ2n) is 21.6. The summed E-state index contributed by atoms with van der Waals surface area (Å²) in [6, 6.07) is 85.0. The molecule has 1 nitrogen and oxygen atoms in total. The van der Waals surface area contributed by atoms with Gasteiger partial charge in [0.15, 0.2) is 0 Å². The van der Waals surface area contributed by atoms with Crippen molar-refractivity contribution in [2.24, 2.45) is 0 Å². The fourth-order valence-electron chi connectivity index (χ4n) is 13.3. The van der Waals surface area contributed by atoms with Crippen molar-refractivity contribution in [3.05, 3.63) is 258 Å². The zero-order valence-electron chi connectivity index (χ0n) is 41.0. The minimum atomic E-state index is -0.228. The summed E-state index contributed by atoms with van der Waals surface area (Å²) < 4.78 is 0. The van der Waals surface area contributed by atoms with E-state index < -0.39 is 0 Å². The molecule has 1 aliphatic heterocycles. The Morgan fingerprint density at radius 2 is 0.722 bits per heavy atom. The standard InChI is InChI=1S/C71H51N/c1-70(2)61-37-50-36-51-38-62-60(69-56-28-15-13-26-54(56)58(40-64(69)71(62,3)4)49-33-31-44-19-9-11-23-47(44)35-49)42-67(51)72(65-29-17-16-24-52(65)45-20-6-5-7-21-45)66(50)41-59(61)68-55-27-14-12-25-53(55)57(39-63(68)70)48-32-30-43-18-8-10-22-46(43)34-48/h5-35,37-42H,36H2,1-4H3. The zero-order chi connectivity index (χ0) is 48.0. The molecule has 0 saturated heterocycles. The predicted molar refractivity (Wildman–Crippen MR) is 305 cm³/mol. The molecule has 0 N–H and O–H groups in total. The lowest BCUT2D eigenvalue weighted by atomic mass is 9.78. The van der Waals surface area contributed by atoms with Gasteiger partial charge in [-0.3, -0.25) is 0 Å². The van der Waals surface area contributed by atoms with E-state index in [1.807, 2.05) is 0 Å². The van der Waals surface area contributed by atoms with Gasteiger partial charge in [0.2, 0.25) is 0 Å². The van der Waals surface area contributed by atoms with Gasteiger partial charge in [0, 0.05) is 22.8 Å². The van der Waals surface area contributed by atoms with Gasteiger partial charge in [-0.25, -0.2) is 0 Å². The van der Waals surface area contributed by atoms with Crippen molar-refractivity contribution in [2.75, 3.05) is 4.90 Å². The summed E-state index contributed by atoms with van der Waals surface area (Å²) >= 11 is 0. The maximum Gasteiger partial charge on any atom is 0.0540 e. The van der Waals surface area contributed by atoms with E-state index in [0.29, 0.717) is 0 Å². The highest BCUT2D eigenvalue weighted by Crippen LogP contribution is 2.60. The first-order valence-corrected chi connectivity index (χ1v) is 25.6. The van der Waals surface area contributed by atoms with E-state index in [1.54, 1.807) is 0 Å². The number of nitrogens with zero attached hydrogens (tertiary/aromatic N) is 1. The minimum absolute atomic E-state index is 0.228. The van der Waals surface area contributed by atoms with E-state index in [-0.39, 0.29) is 10.8 Å². The summed E-state index contributed by atoms with van der Waals surface area (Å²) in [6.07, 6.45) is 0.847. The molecule has 2 aliphatic carbocycles. The van der Waals surface area contributed by atoms with Crippen LogP contribution in [0.5, 0.6) is 0 Å². The Bertz CT molecular complexity index is 4070. The zero-order valence-corrected chi connectivity index (χ0v) is 41.0. The van der Waals surface area contributed by atoms with Crippen LogP contribution in [-0.2, 0) is 17.3 Å². The average Bonchev–Trinajstić information content (AvgIpc) is 3.78. The molecular formula is C71H51N. The van der Waals surface area contributed by atoms with Gasteiger partial charge in [-0.2, -0.15) is 0 Å². The van der Waals surface area contributed by atoms with Crippen LogP contribution in [0.25, 0.3) is 98.7 Å². The van der Waals surface area contributed by atoms with Crippen LogP contribution in [0.4, 0.5) is 17.1 Å². The van der Waals surface area contributed by atoms with Gasteiger partial charge in [-0.05, 0) is 169 Å². The molecule has 0 spiro atoms. The Morgan fingerprint density at radius 3 is 1.24 bits per heavy atom. The molecule has 12 aromatic rings. The van der Waals surface area contributed by atoms with Gasteiger partial charge in [-0.15, -0.1) is 0 Å². The molecule has 0 saturated carbocycles. The average molecular weight is 918 g/mol. The van der Waals surface area contributed by atoms with Crippen LogP contribution in [0.3, 0.4) is 0 Å². The van der Waals surface area contributed by atoms with Crippen LogP contribution >= 0.6 is 0 Å². The molecule has 12 aromatic carbocycles. The van der Waals surface area contributed by atoms with E-state index in [1.165, 1.54) is 149 Å². The van der Waals surface area contributed by atoms with Gasteiger partial charge < -0.3 is 4.90 Å². The van der Waals surface area contributed by atoms with Gasteiger partial charge >= 0.3 is 0 Å². The molecule has 0 fully saturated rings. The van der Waals surface area contributed by atoms with Crippen LogP contribution in [-0.4, -0.2) is 0 Å². The minimum Gasteiger partial charge on any atom is -0.309 e. The topological polar surface area (TPSA) is 3.24 Å². The van der Waals surface area contributed by atoms with Crippen molar-refractivity contribution in [1.29, 1.82) is 0 Å². The van der Waals surface area contributed by atoms with Crippen LogP contribution in [0.1, 0.15) is 61.1 Å². The molecule has 1 heterocycles. The van der Waals surface area contributed by atoms with E-state index >= 15 is 0 Å². The Labute approximate surface area is 421 Å². The third kappa shape index (κ3) is 5.83.